The highest BCUT2D eigenvalue weighted by Gasteiger charge is 2.38. The fourth-order valence-electron chi connectivity index (χ4n) is 1.73. The Bertz CT molecular complexity index is 551. The molecule has 17 heavy (non-hydrogen) atoms. The molecule has 0 aliphatic rings. The van der Waals surface area contributed by atoms with Crippen LogP contribution in [0.4, 0.5) is 13.2 Å². The molecule has 0 spiro atoms. The summed E-state index contributed by atoms with van der Waals surface area (Å²) >= 11 is 3.28. The first-order valence-corrected chi connectivity index (χ1v) is 5.69. The summed E-state index contributed by atoms with van der Waals surface area (Å²) in [5.74, 6) is 0. The smallest absolute Gasteiger partial charge is 0.316 e. The molecule has 2 rings (SSSR count). The summed E-state index contributed by atoms with van der Waals surface area (Å²) < 4.78 is 38.6. The molecule has 0 saturated carbocycles. The fourth-order valence-corrected chi connectivity index (χ4v) is 2.11. The minimum absolute atomic E-state index is 0.0995. The van der Waals surface area contributed by atoms with E-state index in [0.717, 1.165) is 9.86 Å². The van der Waals surface area contributed by atoms with Crippen LogP contribution < -0.4 is 5.73 Å². The van der Waals surface area contributed by atoms with E-state index < -0.39 is 12.2 Å². The van der Waals surface area contributed by atoms with E-state index in [1.807, 2.05) is 0 Å². The summed E-state index contributed by atoms with van der Waals surface area (Å²) in [7, 11) is 0. The lowest BCUT2D eigenvalue weighted by Crippen LogP contribution is -2.28. The van der Waals surface area contributed by atoms with Gasteiger partial charge in [0.1, 0.15) is 6.04 Å². The molecule has 0 aliphatic carbocycles. The first kappa shape index (κ1) is 12.4. The van der Waals surface area contributed by atoms with Crippen LogP contribution in [-0.4, -0.2) is 6.18 Å². The highest BCUT2D eigenvalue weighted by molar-refractivity contribution is 9.10. The van der Waals surface area contributed by atoms with Gasteiger partial charge in [-0.15, -0.1) is 0 Å². The van der Waals surface area contributed by atoms with E-state index in [2.05, 4.69) is 15.9 Å². The van der Waals surface area contributed by atoms with Crippen LogP contribution in [0, 0.1) is 0 Å². The van der Waals surface area contributed by atoms with Gasteiger partial charge in [0, 0.05) is 4.47 Å². The van der Waals surface area contributed by atoms with Crippen LogP contribution in [0.3, 0.4) is 0 Å². The summed E-state index contributed by atoms with van der Waals surface area (Å²) in [4.78, 5) is 0. The zero-order valence-corrected chi connectivity index (χ0v) is 10.2. The van der Waals surface area contributed by atoms with Gasteiger partial charge in [-0.2, -0.15) is 13.2 Å². The van der Waals surface area contributed by atoms with Gasteiger partial charge in [0.15, 0.2) is 0 Å². The Hall–Kier alpha value is -1.07. The first-order chi connectivity index (χ1) is 7.89. The molecule has 5 heteroatoms. The number of rotatable bonds is 1. The number of hydrogen-bond acceptors (Lipinski definition) is 1. The van der Waals surface area contributed by atoms with Gasteiger partial charge in [-0.3, -0.25) is 0 Å². The van der Waals surface area contributed by atoms with Crippen molar-refractivity contribution in [1.29, 1.82) is 0 Å². The van der Waals surface area contributed by atoms with Crippen LogP contribution in [0.25, 0.3) is 10.8 Å². The fraction of sp³-hybridized carbons (Fsp3) is 0.167. The van der Waals surface area contributed by atoms with Crippen molar-refractivity contribution in [2.24, 2.45) is 5.73 Å². The molecule has 90 valence electrons. The lowest BCUT2D eigenvalue weighted by molar-refractivity contribution is -0.148. The second-order valence-electron chi connectivity index (χ2n) is 3.73. The van der Waals surface area contributed by atoms with Crippen LogP contribution >= 0.6 is 15.9 Å². The molecule has 0 amide bonds. The van der Waals surface area contributed by atoms with Crippen molar-refractivity contribution in [1.82, 2.24) is 0 Å². The number of nitrogens with two attached hydrogens (primary N) is 1. The van der Waals surface area contributed by atoms with Crippen LogP contribution in [0.1, 0.15) is 11.6 Å². The third-order valence-electron chi connectivity index (χ3n) is 2.56. The van der Waals surface area contributed by atoms with E-state index in [4.69, 9.17) is 5.73 Å². The Kier molecular flexibility index (Phi) is 3.14. The molecule has 1 atom stereocenters. The quantitative estimate of drug-likeness (QED) is 0.841. The largest absolute Gasteiger partial charge is 0.407 e. The van der Waals surface area contributed by atoms with E-state index >= 15 is 0 Å². The highest BCUT2D eigenvalue weighted by atomic mass is 79.9. The Balaban J connectivity index is 2.63. The van der Waals surface area contributed by atoms with E-state index in [1.54, 1.807) is 30.3 Å². The Morgan fingerprint density at radius 3 is 2.47 bits per heavy atom. The van der Waals surface area contributed by atoms with Crippen LogP contribution in [0.2, 0.25) is 0 Å². The maximum absolute atomic E-state index is 12.6. The van der Waals surface area contributed by atoms with Crippen molar-refractivity contribution in [3.8, 4) is 0 Å². The molecule has 0 radical (unpaired) electrons. The third kappa shape index (κ3) is 2.45. The molecule has 2 aromatic rings. The number of fused-ring (bicyclic) bond motifs is 1. The molecule has 2 aromatic carbocycles. The van der Waals surface area contributed by atoms with E-state index in [9.17, 15) is 13.2 Å². The standard InChI is InChI=1S/C12H9BrF3N/c13-8-4-5-9-7(6-8)2-1-3-10(9)11(17)12(14,15)16/h1-6,11H,17H2/t11-/m0/s1. The monoisotopic (exact) mass is 303 g/mol. The predicted octanol–water partition coefficient (Wildman–Crippen LogP) is 4.16. The average Bonchev–Trinajstić information content (AvgIpc) is 2.25. The first-order valence-electron chi connectivity index (χ1n) is 4.90. The van der Waals surface area contributed by atoms with Crippen LogP contribution in [0.15, 0.2) is 40.9 Å². The predicted molar refractivity (Wildman–Crippen MR) is 64.6 cm³/mol. The van der Waals surface area contributed by atoms with Crippen LogP contribution in [-0.2, 0) is 0 Å². The van der Waals surface area contributed by atoms with E-state index in [0.29, 0.717) is 5.39 Å². The van der Waals surface area contributed by atoms with Gasteiger partial charge in [0.25, 0.3) is 0 Å². The maximum atomic E-state index is 12.6. The van der Waals surface area contributed by atoms with Gasteiger partial charge in [0.05, 0.1) is 0 Å². The summed E-state index contributed by atoms with van der Waals surface area (Å²) in [5.41, 5.74) is 5.34. The Morgan fingerprint density at radius 1 is 1.12 bits per heavy atom. The molecular formula is C12H9BrF3N. The maximum Gasteiger partial charge on any atom is 0.407 e. The van der Waals surface area contributed by atoms with Crippen LogP contribution in [0.5, 0.6) is 0 Å². The number of benzene rings is 2. The minimum Gasteiger partial charge on any atom is -0.316 e. The summed E-state index contributed by atoms with van der Waals surface area (Å²) in [6.45, 7) is 0. The molecule has 2 N–H and O–H groups in total. The molecule has 0 aliphatic heterocycles. The molecule has 0 fully saturated rings. The van der Waals surface area contributed by atoms with Crippen molar-refractivity contribution in [2.45, 2.75) is 12.2 Å². The summed E-state index contributed by atoms with van der Waals surface area (Å²) in [5, 5.41) is 1.26. The third-order valence-corrected chi connectivity index (χ3v) is 3.06. The van der Waals surface area contributed by atoms with Crippen molar-refractivity contribution >= 4 is 26.7 Å². The Morgan fingerprint density at radius 2 is 1.82 bits per heavy atom. The van der Waals surface area contributed by atoms with Gasteiger partial charge in [0.2, 0.25) is 0 Å². The van der Waals surface area contributed by atoms with Crippen molar-refractivity contribution in [2.75, 3.05) is 0 Å². The summed E-state index contributed by atoms with van der Waals surface area (Å²) in [6.07, 6.45) is -4.43. The van der Waals surface area contributed by atoms with Gasteiger partial charge in [-0.1, -0.05) is 40.2 Å². The van der Waals surface area contributed by atoms with Gasteiger partial charge in [-0.05, 0) is 28.5 Å². The summed E-state index contributed by atoms with van der Waals surface area (Å²) in [6, 6.07) is 7.90. The molecular weight excluding hydrogens is 295 g/mol. The molecule has 0 saturated heterocycles. The number of halogens is 4. The normalized spacial score (nSPS) is 13.9. The van der Waals surface area contributed by atoms with Crippen molar-refractivity contribution < 1.29 is 13.2 Å². The topological polar surface area (TPSA) is 26.0 Å². The average molecular weight is 304 g/mol. The zero-order chi connectivity index (χ0) is 12.6. The van der Waals surface area contributed by atoms with Crippen molar-refractivity contribution in [3.63, 3.8) is 0 Å². The number of hydrogen-bond donors (Lipinski definition) is 1. The minimum atomic E-state index is -4.43. The SMILES string of the molecule is N[C@@H](c1cccc2cc(Br)ccc12)C(F)(F)F. The van der Waals surface area contributed by atoms with Gasteiger partial charge >= 0.3 is 6.18 Å². The second-order valence-corrected chi connectivity index (χ2v) is 4.65. The lowest BCUT2D eigenvalue weighted by atomic mass is 9.99. The van der Waals surface area contributed by atoms with E-state index in [-0.39, 0.29) is 5.56 Å². The van der Waals surface area contributed by atoms with E-state index in [1.165, 1.54) is 6.07 Å². The number of alkyl halides is 3. The Labute approximate surface area is 105 Å². The van der Waals surface area contributed by atoms with Gasteiger partial charge in [-0.25, -0.2) is 0 Å². The van der Waals surface area contributed by atoms with Crippen molar-refractivity contribution in [3.05, 3.63) is 46.4 Å². The molecule has 0 heterocycles. The zero-order valence-electron chi connectivity index (χ0n) is 8.63. The second kappa shape index (κ2) is 4.31. The molecule has 0 unspecified atom stereocenters. The van der Waals surface area contributed by atoms with Gasteiger partial charge < -0.3 is 5.73 Å². The lowest BCUT2D eigenvalue weighted by Gasteiger charge is -2.17. The molecule has 0 aromatic heterocycles. The highest BCUT2D eigenvalue weighted by Crippen LogP contribution is 2.34. The molecule has 1 nitrogen and oxygen atoms in total. The molecule has 0 bridgehead atoms.